The molecule has 3 nitrogen and oxygen atoms in total. The number of hydrogen-bond acceptors (Lipinski definition) is 3. The molecule has 0 unspecified atom stereocenters. The van der Waals surface area contributed by atoms with Gasteiger partial charge in [-0.25, -0.2) is 4.39 Å². The minimum atomic E-state index is -0.239. The Morgan fingerprint density at radius 1 is 1.21 bits per heavy atom. The van der Waals surface area contributed by atoms with Gasteiger partial charge in [-0.15, -0.1) is 0 Å². The van der Waals surface area contributed by atoms with Crippen molar-refractivity contribution in [3.8, 4) is 6.07 Å². The Morgan fingerprint density at radius 3 is 2.68 bits per heavy atom. The lowest BCUT2D eigenvalue weighted by atomic mass is 10.2. The summed E-state index contributed by atoms with van der Waals surface area (Å²) in [5, 5.41) is 8.92. The van der Waals surface area contributed by atoms with Crippen molar-refractivity contribution < 1.29 is 4.39 Å². The largest absolute Gasteiger partial charge is 0.368 e. The van der Waals surface area contributed by atoms with Crippen molar-refractivity contribution in [3.05, 3.63) is 29.6 Å². The van der Waals surface area contributed by atoms with Gasteiger partial charge in [0.05, 0.1) is 17.3 Å². The van der Waals surface area contributed by atoms with Crippen LogP contribution in [0, 0.1) is 17.1 Å². The summed E-state index contributed by atoms with van der Waals surface area (Å²) >= 11 is 0. The van der Waals surface area contributed by atoms with Crippen LogP contribution in [0.3, 0.4) is 0 Å². The summed E-state index contributed by atoms with van der Waals surface area (Å²) in [5.41, 5.74) is 1.08. The molecular weight excluding hydrogens is 241 g/mol. The van der Waals surface area contributed by atoms with E-state index in [4.69, 9.17) is 5.26 Å². The molecule has 2 rings (SSSR count). The predicted molar refractivity (Wildman–Crippen MR) is 74.7 cm³/mol. The molecule has 0 N–H and O–H groups in total. The van der Waals surface area contributed by atoms with Crippen LogP contribution in [0.2, 0.25) is 0 Å². The van der Waals surface area contributed by atoms with Crippen LogP contribution in [0.1, 0.15) is 25.8 Å². The minimum absolute atomic E-state index is 0.239. The molecule has 0 bridgehead atoms. The topological polar surface area (TPSA) is 30.3 Å². The number of nitriles is 1. The number of anilines is 1. The molecule has 19 heavy (non-hydrogen) atoms. The molecule has 1 heterocycles. The number of hydrogen-bond donors (Lipinski definition) is 0. The minimum Gasteiger partial charge on any atom is -0.368 e. The van der Waals surface area contributed by atoms with E-state index in [1.165, 1.54) is 12.1 Å². The molecule has 0 amide bonds. The Balaban J connectivity index is 2.16. The van der Waals surface area contributed by atoms with E-state index >= 15 is 0 Å². The van der Waals surface area contributed by atoms with Gasteiger partial charge in [0.25, 0.3) is 0 Å². The predicted octanol–water partition coefficient (Wildman–Crippen LogP) is 2.62. The zero-order valence-electron chi connectivity index (χ0n) is 11.6. The van der Waals surface area contributed by atoms with Gasteiger partial charge < -0.3 is 4.90 Å². The molecule has 1 aromatic rings. The molecule has 1 fully saturated rings. The second-order valence-electron chi connectivity index (χ2n) is 5.25. The van der Waals surface area contributed by atoms with Gasteiger partial charge in [0.2, 0.25) is 0 Å². The Hall–Kier alpha value is -1.60. The lowest BCUT2D eigenvalue weighted by molar-refractivity contribution is 0.238. The molecule has 1 aliphatic rings. The first-order valence-corrected chi connectivity index (χ1v) is 6.80. The third-order valence-electron chi connectivity index (χ3n) is 3.68. The van der Waals surface area contributed by atoms with Crippen molar-refractivity contribution >= 4 is 5.69 Å². The lowest BCUT2D eigenvalue weighted by Crippen LogP contribution is -2.35. The van der Waals surface area contributed by atoms with Crippen LogP contribution in [0.15, 0.2) is 18.2 Å². The van der Waals surface area contributed by atoms with Crippen LogP contribution in [-0.4, -0.2) is 37.1 Å². The number of benzene rings is 1. The van der Waals surface area contributed by atoms with Crippen LogP contribution in [0.4, 0.5) is 10.1 Å². The molecule has 0 aromatic heterocycles. The van der Waals surface area contributed by atoms with E-state index in [1.54, 1.807) is 6.07 Å². The van der Waals surface area contributed by atoms with Crippen LogP contribution >= 0.6 is 0 Å². The first kappa shape index (κ1) is 13.8. The molecule has 1 aromatic carbocycles. The molecule has 1 saturated heterocycles. The van der Waals surface area contributed by atoms with Crippen LogP contribution in [0.5, 0.6) is 0 Å². The van der Waals surface area contributed by atoms with Crippen molar-refractivity contribution in [3.63, 3.8) is 0 Å². The van der Waals surface area contributed by atoms with E-state index in [0.29, 0.717) is 17.3 Å². The fourth-order valence-corrected chi connectivity index (χ4v) is 2.52. The van der Waals surface area contributed by atoms with Crippen molar-refractivity contribution in [1.29, 1.82) is 5.26 Å². The molecule has 0 radical (unpaired) electrons. The van der Waals surface area contributed by atoms with Gasteiger partial charge in [0, 0.05) is 32.2 Å². The zero-order chi connectivity index (χ0) is 13.8. The Bertz CT molecular complexity index is 479. The van der Waals surface area contributed by atoms with Crippen molar-refractivity contribution in [2.45, 2.75) is 26.3 Å². The fraction of sp³-hybridized carbons (Fsp3) is 0.533. The van der Waals surface area contributed by atoms with Gasteiger partial charge in [-0.3, -0.25) is 4.90 Å². The number of nitrogens with zero attached hydrogens (tertiary/aromatic N) is 3. The highest BCUT2D eigenvalue weighted by Crippen LogP contribution is 2.22. The maximum Gasteiger partial charge on any atom is 0.146 e. The molecule has 102 valence electrons. The summed E-state index contributed by atoms with van der Waals surface area (Å²) in [4.78, 5) is 4.46. The Kier molecular flexibility index (Phi) is 4.39. The molecule has 0 saturated carbocycles. The quantitative estimate of drug-likeness (QED) is 0.820. The Labute approximate surface area is 114 Å². The maximum absolute atomic E-state index is 13.9. The molecule has 0 aliphatic carbocycles. The number of rotatable bonds is 2. The van der Waals surface area contributed by atoms with Crippen molar-refractivity contribution in [1.82, 2.24) is 4.90 Å². The summed E-state index contributed by atoms with van der Waals surface area (Å²) in [6.45, 7) is 8.01. The van der Waals surface area contributed by atoms with Gasteiger partial charge in [-0.05, 0) is 38.5 Å². The second-order valence-corrected chi connectivity index (χ2v) is 5.25. The van der Waals surface area contributed by atoms with E-state index in [-0.39, 0.29) is 5.82 Å². The molecule has 4 heteroatoms. The third-order valence-corrected chi connectivity index (χ3v) is 3.68. The second kappa shape index (κ2) is 6.03. The zero-order valence-corrected chi connectivity index (χ0v) is 11.6. The van der Waals surface area contributed by atoms with Gasteiger partial charge >= 0.3 is 0 Å². The van der Waals surface area contributed by atoms with E-state index in [0.717, 1.165) is 32.6 Å². The van der Waals surface area contributed by atoms with Crippen molar-refractivity contribution in [2.75, 3.05) is 31.1 Å². The smallest absolute Gasteiger partial charge is 0.146 e. The van der Waals surface area contributed by atoms with Crippen LogP contribution in [0.25, 0.3) is 0 Å². The highest BCUT2D eigenvalue weighted by molar-refractivity contribution is 5.52. The first-order valence-electron chi connectivity index (χ1n) is 6.80. The summed E-state index contributed by atoms with van der Waals surface area (Å²) in [7, 11) is 0. The van der Waals surface area contributed by atoms with Gasteiger partial charge in [0.1, 0.15) is 5.82 Å². The molecular formula is C15H20FN3. The van der Waals surface area contributed by atoms with Gasteiger partial charge in [-0.2, -0.15) is 5.26 Å². The van der Waals surface area contributed by atoms with Gasteiger partial charge in [-0.1, -0.05) is 0 Å². The van der Waals surface area contributed by atoms with Gasteiger partial charge in [0.15, 0.2) is 0 Å². The average Bonchev–Trinajstić information content (AvgIpc) is 2.65. The van der Waals surface area contributed by atoms with E-state index in [9.17, 15) is 4.39 Å². The Morgan fingerprint density at radius 2 is 2.00 bits per heavy atom. The van der Waals surface area contributed by atoms with Crippen LogP contribution < -0.4 is 4.90 Å². The highest BCUT2D eigenvalue weighted by Gasteiger charge is 2.19. The summed E-state index contributed by atoms with van der Waals surface area (Å²) < 4.78 is 13.9. The molecule has 1 aliphatic heterocycles. The van der Waals surface area contributed by atoms with E-state index in [2.05, 4.69) is 29.7 Å². The molecule has 0 atom stereocenters. The summed E-state index contributed by atoms with van der Waals surface area (Å²) in [5.74, 6) is -0.239. The SMILES string of the molecule is CC(C)N1CCCN(c2cc(C#N)ccc2F)CC1. The normalized spacial score (nSPS) is 17.3. The van der Waals surface area contributed by atoms with E-state index in [1.807, 2.05) is 0 Å². The standard InChI is InChI=1S/C15H20FN3/c1-12(2)18-6-3-7-19(9-8-18)15-10-13(11-17)4-5-14(15)16/h4-5,10,12H,3,6-9H2,1-2H3. The van der Waals surface area contributed by atoms with Crippen molar-refractivity contribution in [2.24, 2.45) is 0 Å². The van der Waals surface area contributed by atoms with E-state index < -0.39 is 0 Å². The third kappa shape index (κ3) is 3.24. The lowest BCUT2D eigenvalue weighted by Gasteiger charge is -2.26. The summed E-state index contributed by atoms with van der Waals surface area (Å²) in [6, 6.07) is 7.16. The highest BCUT2D eigenvalue weighted by atomic mass is 19.1. The monoisotopic (exact) mass is 261 g/mol. The fourth-order valence-electron chi connectivity index (χ4n) is 2.52. The maximum atomic E-state index is 13.9. The summed E-state index contributed by atoms with van der Waals surface area (Å²) in [6.07, 6.45) is 1.02. The molecule has 0 spiro atoms. The average molecular weight is 261 g/mol. The number of halogens is 1. The van der Waals surface area contributed by atoms with Crippen LogP contribution in [-0.2, 0) is 0 Å². The first-order chi connectivity index (χ1) is 9.11.